The molecule has 3 aromatic rings. The Morgan fingerprint density at radius 2 is 1.87 bits per heavy atom. The second kappa shape index (κ2) is 10.6. The summed E-state index contributed by atoms with van der Waals surface area (Å²) in [4.78, 5) is 12.4. The molecule has 0 aliphatic heterocycles. The molecule has 0 unspecified atom stereocenters. The molecule has 2 aromatic carbocycles. The van der Waals surface area contributed by atoms with E-state index in [1.807, 2.05) is 10.6 Å². The number of hydrogen-bond donors (Lipinski definition) is 1. The van der Waals surface area contributed by atoms with Crippen LogP contribution in [-0.4, -0.2) is 20.7 Å². The van der Waals surface area contributed by atoms with Crippen molar-refractivity contribution in [2.45, 2.75) is 24.0 Å². The van der Waals surface area contributed by atoms with Crippen LogP contribution in [-0.2, 0) is 18.8 Å². The van der Waals surface area contributed by atoms with Gasteiger partial charge in [0.2, 0.25) is 0 Å². The Bertz CT molecular complexity index is 1090. The van der Waals surface area contributed by atoms with Crippen molar-refractivity contribution in [1.29, 1.82) is 0 Å². The summed E-state index contributed by atoms with van der Waals surface area (Å²) < 4.78 is 1.89. The largest absolute Gasteiger partial charge is 0.345 e. The summed E-state index contributed by atoms with van der Waals surface area (Å²) >= 11 is 25.6. The molecular weight excluding hydrogens is 486 g/mol. The molecule has 156 valence electrons. The molecule has 0 saturated heterocycles. The van der Waals surface area contributed by atoms with Crippen LogP contribution in [0.2, 0.25) is 20.1 Å². The number of amides is 1. The highest BCUT2D eigenvalue weighted by Crippen LogP contribution is 2.28. The van der Waals surface area contributed by atoms with Crippen molar-refractivity contribution in [2.24, 2.45) is 0 Å². The van der Waals surface area contributed by atoms with E-state index >= 15 is 0 Å². The normalized spacial score (nSPS) is 10.8. The second-order valence-corrected chi connectivity index (χ2v) is 8.73. The first-order valence-electron chi connectivity index (χ1n) is 8.72. The molecule has 0 spiro atoms. The minimum absolute atomic E-state index is 0.197. The van der Waals surface area contributed by atoms with Gasteiger partial charge in [0, 0.05) is 27.9 Å². The summed E-state index contributed by atoms with van der Waals surface area (Å²) in [5.74, 6) is 0.915. The standard InChI is InChI=1S/C20H16Cl4N4OS/c1-2-7-28-18(10-25-19(29)12-4-6-15(22)17(24)8-12)26-27-20(28)30-11-13-3-5-14(21)9-16(13)23/h2-6,8-9H,1,7,10-11H2,(H,25,29). The summed E-state index contributed by atoms with van der Waals surface area (Å²) in [5, 5.41) is 13.9. The van der Waals surface area contributed by atoms with E-state index in [2.05, 4.69) is 22.1 Å². The zero-order valence-corrected chi connectivity index (χ0v) is 19.4. The maximum atomic E-state index is 12.4. The summed E-state index contributed by atoms with van der Waals surface area (Å²) in [7, 11) is 0. The van der Waals surface area contributed by atoms with Crippen LogP contribution < -0.4 is 5.32 Å². The number of hydrogen-bond acceptors (Lipinski definition) is 4. The summed E-state index contributed by atoms with van der Waals surface area (Å²) in [6, 6.07) is 10.1. The predicted molar refractivity (Wildman–Crippen MR) is 124 cm³/mol. The van der Waals surface area contributed by atoms with Gasteiger partial charge in [-0.15, -0.1) is 16.8 Å². The molecule has 0 bridgehead atoms. The molecule has 0 atom stereocenters. The maximum Gasteiger partial charge on any atom is 0.251 e. The Balaban J connectivity index is 1.69. The number of thioether (sulfide) groups is 1. The number of nitrogens with zero attached hydrogens (tertiary/aromatic N) is 3. The van der Waals surface area contributed by atoms with Crippen molar-refractivity contribution < 1.29 is 4.79 Å². The van der Waals surface area contributed by atoms with Crippen LogP contribution in [0, 0.1) is 0 Å². The third-order valence-electron chi connectivity index (χ3n) is 4.07. The molecule has 0 aliphatic carbocycles. The van der Waals surface area contributed by atoms with Crippen LogP contribution in [0.1, 0.15) is 21.7 Å². The number of aromatic nitrogens is 3. The van der Waals surface area contributed by atoms with Crippen molar-refractivity contribution in [1.82, 2.24) is 20.1 Å². The van der Waals surface area contributed by atoms with Gasteiger partial charge in [0.05, 0.1) is 16.6 Å². The van der Waals surface area contributed by atoms with E-state index in [0.29, 0.717) is 48.9 Å². The second-order valence-electron chi connectivity index (χ2n) is 6.13. The fourth-order valence-corrected chi connectivity index (χ4v) is 4.37. The van der Waals surface area contributed by atoms with E-state index in [0.717, 1.165) is 5.56 Å². The van der Waals surface area contributed by atoms with Crippen LogP contribution in [0.3, 0.4) is 0 Å². The minimum Gasteiger partial charge on any atom is -0.345 e. The van der Waals surface area contributed by atoms with Crippen LogP contribution in [0.5, 0.6) is 0 Å². The molecule has 1 N–H and O–H groups in total. The fraction of sp³-hybridized carbons (Fsp3) is 0.150. The van der Waals surface area contributed by atoms with Crippen LogP contribution in [0.25, 0.3) is 0 Å². The first kappa shape index (κ1) is 23.0. The highest BCUT2D eigenvalue weighted by Gasteiger charge is 2.15. The summed E-state index contributed by atoms with van der Waals surface area (Å²) in [5.41, 5.74) is 1.35. The lowest BCUT2D eigenvalue weighted by molar-refractivity contribution is 0.0949. The average molecular weight is 502 g/mol. The maximum absolute atomic E-state index is 12.4. The topological polar surface area (TPSA) is 59.8 Å². The van der Waals surface area contributed by atoms with Crippen molar-refractivity contribution in [3.05, 3.63) is 86.1 Å². The summed E-state index contributed by atoms with van der Waals surface area (Å²) in [6.07, 6.45) is 1.74. The van der Waals surface area contributed by atoms with Gasteiger partial charge in [-0.1, -0.05) is 70.3 Å². The quantitative estimate of drug-likeness (QED) is 0.290. The zero-order valence-electron chi connectivity index (χ0n) is 15.5. The van der Waals surface area contributed by atoms with E-state index in [4.69, 9.17) is 46.4 Å². The minimum atomic E-state index is -0.288. The van der Waals surface area contributed by atoms with E-state index in [1.165, 1.54) is 17.8 Å². The van der Waals surface area contributed by atoms with Gasteiger partial charge in [0.25, 0.3) is 5.91 Å². The molecule has 0 saturated carbocycles. The Morgan fingerprint density at radius 3 is 2.57 bits per heavy atom. The highest BCUT2D eigenvalue weighted by atomic mass is 35.5. The third kappa shape index (κ3) is 5.71. The van der Waals surface area contributed by atoms with Gasteiger partial charge >= 0.3 is 0 Å². The van der Waals surface area contributed by atoms with E-state index in [-0.39, 0.29) is 12.5 Å². The molecule has 1 heterocycles. The molecule has 5 nitrogen and oxygen atoms in total. The molecule has 1 aromatic heterocycles. The molecular formula is C20H16Cl4N4OS. The van der Waals surface area contributed by atoms with Crippen LogP contribution in [0.15, 0.2) is 54.2 Å². The monoisotopic (exact) mass is 500 g/mol. The van der Waals surface area contributed by atoms with Gasteiger partial charge in [0.15, 0.2) is 11.0 Å². The molecule has 30 heavy (non-hydrogen) atoms. The lowest BCUT2D eigenvalue weighted by atomic mass is 10.2. The number of carbonyl (C=O) groups excluding carboxylic acids is 1. The van der Waals surface area contributed by atoms with Gasteiger partial charge in [0.1, 0.15) is 0 Å². The van der Waals surface area contributed by atoms with Gasteiger partial charge < -0.3 is 9.88 Å². The number of allylic oxidation sites excluding steroid dienone is 1. The molecule has 0 radical (unpaired) electrons. The van der Waals surface area contributed by atoms with Gasteiger partial charge in [-0.05, 0) is 35.9 Å². The van der Waals surface area contributed by atoms with Crippen LogP contribution >= 0.6 is 58.2 Å². The van der Waals surface area contributed by atoms with E-state index in [9.17, 15) is 4.79 Å². The first-order valence-corrected chi connectivity index (χ1v) is 11.2. The molecule has 10 heteroatoms. The summed E-state index contributed by atoms with van der Waals surface area (Å²) in [6.45, 7) is 4.48. The Labute approximate surface area is 198 Å². The number of halogens is 4. The zero-order chi connectivity index (χ0) is 21.7. The van der Waals surface area contributed by atoms with Crippen LogP contribution in [0.4, 0.5) is 0 Å². The molecule has 0 fully saturated rings. The van der Waals surface area contributed by atoms with Crippen molar-refractivity contribution in [2.75, 3.05) is 0 Å². The van der Waals surface area contributed by atoms with Gasteiger partial charge in [-0.25, -0.2) is 0 Å². The smallest absolute Gasteiger partial charge is 0.251 e. The SMILES string of the molecule is C=CCn1c(CNC(=O)c2ccc(Cl)c(Cl)c2)nnc1SCc1ccc(Cl)cc1Cl. The molecule has 3 rings (SSSR count). The number of benzene rings is 2. The Hall–Kier alpha value is -1.70. The highest BCUT2D eigenvalue weighted by molar-refractivity contribution is 7.98. The number of nitrogens with one attached hydrogen (secondary N) is 1. The number of rotatable bonds is 8. The number of carbonyl (C=O) groups is 1. The van der Waals surface area contributed by atoms with E-state index in [1.54, 1.807) is 30.3 Å². The lowest BCUT2D eigenvalue weighted by Crippen LogP contribution is -2.24. The average Bonchev–Trinajstić information content (AvgIpc) is 3.09. The van der Waals surface area contributed by atoms with Crippen molar-refractivity contribution in [3.8, 4) is 0 Å². The Kier molecular flexibility index (Phi) is 8.08. The molecule has 0 aliphatic rings. The first-order chi connectivity index (χ1) is 14.4. The van der Waals surface area contributed by atoms with E-state index < -0.39 is 0 Å². The van der Waals surface area contributed by atoms with Gasteiger partial charge in [-0.2, -0.15) is 0 Å². The van der Waals surface area contributed by atoms with Crippen molar-refractivity contribution >= 4 is 64.1 Å². The van der Waals surface area contributed by atoms with Crippen molar-refractivity contribution in [3.63, 3.8) is 0 Å². The Morgan fingerprint density at radius 1 is 1.07 bits per heavy atom. The third-order valence-corrected chi connectivity index (χ3v) is 6.41. The lowest BCUT2D eigenvalue weighted by Gasteiger charge is -2.10. The van der Waals surface area contributed by atoms with Gasteiger partial charge in [-0.3, -0.25) is 4.79 Å². The fourth-order valence-electron chi connectivity index (χ4n) is 2.55. The predicted octanol–water partition coefficient (Wildman–Crippen LogP) is 6.30. The molecule has 1 amide bonds.